The first kappa shape index (κ1) is 11.4. The van der Waals surface area contributed by atoms with Gasteiger partial charge in [0.25, 0.3) is 0 Å². The van der Waals surface area contributed by atoms with Crippen LogP contribution in [0.1, 0.15) is 37.3 Å². The van der Waals surface area contributed by atoms with Gasteiger partial charge in [-0.2, -0.15) is 0 Å². The van der Waals surface area contributed by atoms with E-state index in [9.17, 15) is 13.6 Å². The number of benzene rings is 1. The van der Waals surface area contributed by atoms with Crippen LogP contribution in [0.15, 0.2) is 23.0 Å². The Bertz CT molecular complexity index is 657. The number of H-pyrrole nitrogens is 1. The molecule has 1 N–H and O–H groups in total. The Morgan fingerprint density at radius 1 is 1.11 bits per heavy atom. The summed E-state index contributed by atoms with van der Waals surface area (Å²) in [4.78, 5) is 14.8. The lowest BCUT2D eigenvalue weighted by molar-refractivity contribution is 0.612. The molecule has 0 saturated heterocycles. The van der Waals surface area contributed by atoms with Crippen molar-refractivity contribution in [3.8, 4) is 0 Å². The smallest absolute Gasteiger partial charge is 0.192 e. The molecule has 0 aliphatic heterocycles. The molecule has 0 unspecified atom stereocenters. The van der Waals surface area contributed by atoms with Crippen LogP contribution in [0.4, 0.5) is 8.78 Å². The number of aromatic amines is 1. The van der Waals surface area contributed by atoms with Gasteiger partial charge in [-0.1, -0.05) is 12.8 Å². The molecule has 4 heteroatoms. The Hall–Kier alpha value is -1.71. The van der Waals surface area contributed by atoms with Crippen molar-refractivity contribution in [3.63, 3.8) is 0 Å². The van der Waals surface area contributed by atoms with E-state index in [0.29, 0.717) is 0 Å². The highest BCUT2D eigenvalue weighted by molar-refractivity contribution is 5.79. The zero-order chi connectivity index (χ0) is 12.7. The van der Waals surface area contributed by atoms with Crippen LogP contribution in [0.2, 0.25) is 0 Å². The summed E-state index contributed by atoms with van der Waals surface area (Å²) < 4.78 is 27.2. The maximum absolute atomic E-state index is 13.7. The molecule has 1 fully saturated rings. The first-order valence-corrected chi connectivity index (χ1v) is 6.18. The predicted molar refractivity (Wildman–Crippen MR) is 65.7 cm³/mol. The molecule has 1 aromatic carbocycles. The normalized spacial score (nSPS) is 16.6. The van der Waals surface area contributed by atoms with Gasteiger partial charge in [0, 0.05) is 11.8 Å². The number of hydrogen-bond donors (Lipinski definition) is 1. The Balaban J connectivity index is 2.26. The first-order valence-electron chi connectivity index (χ1n) is 6.18. The van der Waals surface area contributed by atoms with Crippen molar-refractivity contribution in [3.05, 3.63) is 45.8 Å². The molecule has 18 heavy (non-hydrogen) atoms. The summed E-state index contributed by atoms with van der Waals surface area (Å²) in [5, 5.41) is -0.184. The molecule has 2 nitrogen and oxygen atoms in total. The van der Waals surface area contributed by atoms with E-state index in [2.05, 4.69) is 4.98 Å². The molecule has 1 heterocycles. The Morgan fingerprint density at radius 2 is 1.78 bits per heavy atom. The summed E-state index contributed by atoms with van der Waals surface area (Å²) in [5.41, 5.74) is 0.279. The standard InChI is InChI=1S/C14H13F2NO/c15-9-5-6-10(16)14-13(9)12(18)7-11(17-14)8-3-1-2-4-8/h5-8H,1-4H2,(H,17,18). The molecule has 1 aliphatic carbocycles. The number of hydrogen-bond acceptors (Lipinski definition) is 1. The molecule has 0 amide bonds. The lowest BCUT2D eigenvalue weighted by Gasteiger charge is -2.11. The van der Waals surface area contributed by atoms with E-state index in [0.717, 1.165) is 43.5 Å². The van der Waals surface area contributed by atoms with E-state index in [1.807, 2.05) is 0 Å². The highest BCUT2D eigenvalue weighted by Crippen LogP contribution is 2.33. The summed E-state index contributed by atoms with van der Waals surface area (Å²) in [5.74, 6) is -0.987. The van der Waals surface area contributed by atoms with E-state index in [-0.39, 0.29) is 16.8 Å². The minimum atomic E-state index is -0.675. The van der Waals surface area contributed by atoms with Crippen molar-refractivity contribution in [2.24, 2.45) is 0 Å². The van der Waals surface area contributed by atoms with Crippen LogP contribution in [-0.2, 0) is 0 Å². The van der Waals surface area contributed by atoms with Gasteiger partial charge in [0.05, 0.1) is 10.9 Å². The molecular weight excluding hydrogens is 236 g/mol. The van der Waals surface area contributed by atoms with Crippen LogP contribution < -0.4 is 5.43 Å². The molecule has 0 radical (unpaired) electrons. The highest BCUT2D eigenvalue weighted by Gasteiger charge is 2.20. The largest absolute Gasteiger partial charge is 0.355 e. The van der Waals surface area contributed by atoms with Crippen molar-refractivity contribution in [2.45, 2.75) is 31.6 Å². The lowest BCUT2D eigenvalue weighted by atomic mass is 10.0. The maximum atomic E-state index is 13.7. The maximum Gasteiger partial charge on any atom is 0.192 e. The monoisotopic (exact) mass is 249 g/mol. The van der Waals surface area contributed by atoms with Crippen molar-refractivity contribution in [1.82, 2.24) is 4.98 Å². The Labute approximate surface area is 103 Å². The second-order valence-electron chi connectivity index (χ2n) is 4.85. The summed E-state index contributed by atoms with van der Waals surface area (Å²) in [6, 6.07) is 3.45. The van der Waals surface area contributed by atoms with Gasteiger partial charge in [-0.3, -0.25) is 4.79 Å². The topological polar surface area (TPSA) is 32.9 Å². The van der Waals surface area contributed by atoms with E-state index in [1.165, 1.54) is 6.07 Å². The van der Waals surface area contributed by atoms with E-state index in [1.54, 1.807) is 0 Å². The zero-order valence-electron chi connectivity index (χ0n) is 9.80. The van der Waals surface area contributed by atoms with Crippen molar-refractivity contribution < 1.29 is 8.78 Å². The highest BCUT2D eigenvalue weighted by atomic mass is 19.1. The average Bonchev–Trinajstić information content (AvgIpc) is 2.87. The van der Waals surface area contributed by atoms with Crippen LogP contribution >= 0.6 is 0 Å². The lowest BCUT2D eigenvalue weighted by Crippen LogP contribution is -2.10. The van der Waals surface area contributed by atoms with Gasteiger partial charge in [0.15, 0.2) is 5.43 Å². The second kappa shape index (κ2) is 4.19. The quantitative estimate of drug-likeness (QED) is 0.824. The number of nitrogens with one attached hydrogen (secondary N) is 1. The molecule has 94 valence electrons. The van der Waals surface area contributed by atoms with E-state index in [4.69, 9.17) is 0 Å². The molecular formula is C14H13F2NO. The first-order chi connectivity index (χ1) is 8.66. The van der Waals surface area contributed by atoms with Gasteiger partial charge < -0.3 is 4.98 Å². The number of pyridine rings is 1. The molecule has 0 spiro atoms. The van der Waals surface area contributed by atoms with Crippen molar-refractivity contribution in [2.75, 3.05) is 0 Å². The van der Waals surface area contributed by atoms with Crippen LogP contribution in [0.3, 0.4) is 0 Å². The van der Waals surface area contributed by atoms with E-state index < -0.39 is 17.1 Å². The molecule has 0 atom stereocenters. The van der Waals surface area contributed by atoms with Crippen molar-refractivity contribution >= 4 is 10.9 Å². The average molecular weight is 249 g/mol. The fourth-order valence-corrected chi connectivity index (χ4v) is 2.77. The minimum absolute atomic E-state index is 0.00981. The fourth-order valence-electron chi connectivity index (χ4n) is 2.77. The SMILES string of the molecule is O=c1cc(C2CCCC2)[nH]c2c(F)ccc(F)c12. The third kappa shape index (κ3) is 1.72. The van der Waals surface area contributed by atoms with Gasteiger partial charge in [0.2, 0.25) is 0 Å². The molecule has 1 aromatic heterocycles. The van der Waals surface area contributed by atoms with Gasteiger partial charge in [0.1, 0.15) is 11.6 Å². The zero-order valence-corrected chi connectivity index (χ0v) is 9.80. The molecule has 1 aliphatic rings. The third-order valence-corrected chi connectivity index (χ3v) is 3.70. The van der Waals surface area contributed by atoms with Crippen LogP contribution in [0.25, 0.3) is 10.9 Å². The number of rotatable bonds is 1. The summed E-state index contributed by atoms with van der Waals surface area (Å²) in [6.07, 6.45) is 4.24. The van der Waals surface area contributed by atoms with Gasteiger partial charge >= 0.3 is 0 Å². The predicted octanol–water partition coefficient (Wildman–Crippen LogP) is 3.46. The van der Waals surface area contributed by atoms with Crippen LogP contribution in [0.5, 0.6) is 0 Å². The van der Waals surface area contributed by atoms with Crippen LogP contribution in [-0.4, -0.2) is 4.98 Å². The van der Waals surface area contributed by atoms with Crippen molar-refractivity contribution in [1.29, 1.82) is 0 Å². The van der Waals surface area contributed by atoms with Crippen LogP contribution in [0, 0.1) is 11.6 Å². The molecule has 3 rings (SSSR count). The summed E-state index contributed by atoms with van der Waals surface area (Å²) >= 11 is 0. The Kier molecular flexibility index (Phi) is 2.65. The van der Waals surface area contributed by atoms with Gasteiger partial charge in [-0.05, 0) is 30.9 Å². The molecule has 1 saturated carbocycles. The number of halogens is 2. The third-order valence-electron chi connectivity index (χ3n) is 3.70. The Morgan fingerprint density at radius 3 is 2.50 bits per heavy atom. The number of aromatic nitrogens is 1. The fraction of sp³-hybridized carbons (Fsp3) is 0.357. The summed E-state index contributed by atoms with van der Waals surface area (Å²) in [7, 11) is 0. The molecule has 0 bridgehead atoms. The van der Waals surface area contributed by atoms with Gasteiger partial charge in [-0.25, -0.2) is 8.78 Å². The molecule has 2 aromatic rings. The van der Waals surface area contributed by atoms with Gasteiger partial charge in [-0.15, -0.1) is 0 Å². The number of fused-ring (bicyclic) bond motifs is 1. The minimum Gasteiger partial charge on any atom is -0.355 e. The van der Waals surface area contributed by atoms with E-state index >= 15 is 0 Å². The summed E-state index contributed by atoms with van der Waals surface area (Å²) in [6.45, 7) is 0. The second-order valence-corrected chi connectivity index (χ2v) is 4.85.